The predicted octanol–water partition coefficient (Wildman–Crippen LogP) is 2.84. The summed E-state index contributed by atoms with van der Waals surface area (Å²) < 4.78 is 46.0. The van der Waals surface area contributed by atoms with Crippen LogP contribution in [0.15, 0.2) is 56.8 Å². The van der Waals surface area contributed by atoms with Crippen molar-refractivity contribution in [1.82, 2.24) is 18.0 Å². The molecule has 43 heavy (non-hydrogen) atoms. The number of carbonyl (C=O) groups excluding carboxylic acids is 1. The van der Waals surface area contributed by atoms with Crippen LogP contribution in [-0.2, 0) is 22.1 Å². The lowest BCUT2D eigenvalue weighted by atomic mass is 10.1. The number of hydrogen-bond donors (Lipinski definition) is 1. The molecule has 1 amide bonds. The molecule has 0 saturated heterocycles. The molecule has 4 aromatic rings. The molecule has 12 nitrogen and oxygen atoms in total. The summed E-state index contributed by atoms with van der Waals surface area (Å²) in [6, 6.07) is 9.79. The summed E-state index contributed by atoms with van der Waals surface area (Å²) in [6.07, 6.45) is 1.17. The molecular weight excluding hydrogens is 579 g/mol. The Hall–Kier alpha value is -4.56. The number of aromatic nitrogens is 3. The number of hydrogen-bond acceptors (Lipinski definition) is 7. The summed E-state index contributed by atoms with van der Waals surface area (Å²) in [5.41, 5.74) is -1.12. The molecule has 1 aliphatic carbocycles. The highest BCUT2D eigenvalue weighted by atomic mass is 32.2. The summed E-state index contributed by atoms with van der Waals surface area (Å²) in [5, 5.41) is 2.88. The molecule has 0 radical (unpaired) electrons. The molecule has 0 bridgehead atoms. The van der Waals surface area contributed by atoms with Crippen LogP contribution in [0.2, 0.25) is 0 Å². The van der Waals surface area contributed by atoms with Gasteiger partial charge in [0.25, 0.3) is 11.1 Å². The molecule has 1 fully saturated rings. The smallest absolute Gasteiger partial charge is 0.336 e. The molecule has 1 aliphatic rings. The van der Waals surface area contributed by atoms with E-state index < -0.39 is 38.7 Å². The minimum atomic E-state index is -4.25. The highest BCUT2D eigenvalue weighted by Gasteiger charge is 2.33. The van der Waals surface area contributed by atoms with Crippen LogP contribution < -0.4 is 26.4 Å². The molecule has 1 saturated carbocycles. The number of carbonyl (C=O) groups is 1. The van der Waals surface area contributed by atoms with Gasteiger partial charge in [-0.15, -0.1) is 0 Å². The van der Waals surface area contributed by atoms with Crippen molar-refractivity contribution in [3.05, 3.63) is 90.6 Å². The van der Waals surface area contributed by atoms with Crippen LogP contribution in [0.3, 0.4) is 0 Å². The number of anilines is 3. The fourth-order valence-electron chi connectivity index (χ4n) is 5.10. The van der Waals surface area contributed by atoms with Gasteiger partial charge in [0.2, 0.25) is 5.91 Å². The Kier molecular flexibility index (Phi) is 7.38. The maximum absolute atomic E-state index is 14.9. The van der Waals surface area contributed by atoms with E-state index in [9.17, 15) is 32.0 Å². The number of fused-ring (bicyclic) bond motifs is 1. The number of nitrogens with zero attached hydrogens (tertiary/aromatic N) is 5. The highest BCUT2D eigenvalue weighted by molar-refractivity contribution is 7.91. The summed E-state index contributed by atoms with van der Waals surface area (Å²) in [4.78, 5) is 54.1. The van der Waals surface area contributed by atoms with Gasteiger partial charge in [-0.1, -0.05) is 12.1 Å². The zero-order valence-electron chi connectivity index (χ0n) is 24.5. The SMILES string of the molecule is CC(=O)N(c1cccc(-n2c(=O)n(C3CC3)c(=O)c3c(Nc4ccc(C)cc4F)n(C)c(=O)c(C)c32)c1)S(=O)(=O)N(C)C. The zero-order chi connectivity index (χ0) is 31.5. The molecule has 14 heteroatoms. The van der Waals surface area contributed by atoms with Gasteiger partial charge in [0, 0.05) is 39.7 Å². The number of halogens is 1. The number of amides is 1. The van der Waals surface area contributed by atoms with Gasteiger partial charge in [-0.05, 0) is 62.6 Å². The molecule has 0 spiro atoms. The van der Waals surface area contributed by atoms with Gasteiger partial charge in [0.05, 0.1) is 22.6 Å². The Bertz CT molecular complexity index is 2110. The van der Waals surface area contributed by atoms with Gasteiger partial charge >= 0.3 is 15.9 Å². The Morgan fingerprint density at radius 2 is 1.70 bits per heavy atom. The van der Waals surface area contributed by atoms with Crippen molar-refractivity contribution in [1.29, 1.82) is 0 Å². The maximum atomic E-state index is 14.9. The first-order valence-corrected chi connectivity index (χ1v) is 14.8. The minimum Gasteiger partial charge on any atom is -0.338 e. The van der Waals surface area contributed by atoms with Crippen LogP contribution in [0.1, 0.15) is 36.9 Å². The fraction of sp³-hybridized carbons (Fsp3) is 0.310. The van der Waals surface area contributed by atoms with E-state index in [1.807, 2.05) is 0 Å². The lowest BCUT2D eigenvalue weighted by molar-refractivity contribution is -0.115. The molecule has 0 atom stereocenters. The second-order valence-corrected chi connectivity index (χ2v) is 12.8. The third-order valence-electron chi connectivity index (χ3n) is 7.43. The van der Waals surface area contributed by atoms with Crippen LogP contribution in [0.25, 0.3) is 16.6 Å². The van der Waals surface area contributed by atoms with Gasteiger partial charge in [0.1, 0.15) is 17.0 Å². The second kappa shape index (κ2) is 10.6. The van der Waals surface area contributed by atoms with Gasteiger partial charge in [-0.25, -0.2) is 9.18 Å². The van der Waals surface area contributed by atoms with E-state index in [1.165, 1.54) is 73.6 Å². The van der Waals surface area contributed by atoms with Crippen molar-refractivity contribution in [3.63, 3.8) is 0 Å². The summed E-state index contributed by atoms with van der Waals surface area (Å²) >= 11 is 0. The van der Waals surface area contributed by atoms with Gasteiger partial charge in [-0.3, -0.25) is 28.1 Å². The summed E-state index contributed by atoms with van der Waals surface area (Å²) in [5.74, 6) is -1.41. The number of aryl methyl sites for hydroxylation is 2. The summed E-state index contributed by atoms with van der Waals surface area (Å²) in [7, 11) is -0.251. The van der Waals surface area contributed by atoms with Gasteiger partial charge < -0.3 is 5.32 Å². The number of benzene rings is 2. The topological polar surface area (TPSA) is 136 Å². The molecule has 2 heterocycles. The van der Waals surface area contributed by atoms with E-state index in [0.717, 1.165) is 15.8 Å². The van der Waals surface area contributed by atoms with Crippen LogP contribution in [-0.4, -0.2) is 46.4 Å². The van der Waals surface area contributed by atoms with Crippen LogP contribution in [0.4, 0.5) is 21.6 Å². The zero-order valence-corrected chi connectivity index (χ0v) is 25.3. The number of pyridine rings is 1. The second-order valence-electron chi connectivity index (χ2n) is 10.8. The first-order valence-electron chi connectivity index (χ1n) is 13.4. The van der Waals surface area contributed by atoms with Crippen molar-refractivity contribution in [2.24, 2.45) is 7.05 Å². The molecular formula is C29H31FN6O6S. The number of rotatable bonds is 7. The van der Waals surface area contributed by atoms with Crippen molar-refractivity contribution in [2.75, 3.05) is 23.7 Å². The summed E-state index contributed by atoms with van der Waals surface area (Å²) in [6.45, 7) is 4.29. The molecule has 5 rings (SSSR count). The lowest BCUT2D eigenvalue weighted by Crippen LogP contribution is -2.43. The molecule has 0 unspecified atom stereocenters. The van der Waals surface area contributed by atoms with E-state index in [4.69, 9.17) is 0 Å². The van der Waals surface area contributed by atoms with Gasteiger partial charge in [0.15, 0.2) is 0 Å². The Balaban J connectivity index is 1.89. The van der Waals surface area contributed by atoms with Gasteiger partial charge in [-0.2, -0.15) is 17.0 Å². The average Bonchev–Trinajstić information content (AvgIpc) is 3.76. The van der Waals surface area contributed by atoms with Crippen molar-refractivity contribution in [2.45, 2.75) is 39.7 Å². The van der Waals surface area contributed by atoms with E-state index >= 15 is 0 Å². The molecule has 2 aromatic carbocycles. The number of nitrogens with one attached hydrogen (secondary N) is 1. The third kappa shape index (κ3) is 4.95. The van der Waals surface area contributed by atoms with E-state index in [1.54, 1.807) is 13.0 Å². The lowest BCUT2D eigenvalue weighted by Gasteiger charge is -2.25. The van der Waals surface area contributed by atoms with E-state index in [0.29, 0.717) is 22.7 Å². The first-order chi connectivity index (χ1) is 20.2. The fourth-order valence-corrected chi connectivity index (χ4v) is 6.13. The normalized spacial score (nSPS) is 13.5. The Morgan fingerprint density at radius 1 is 1.02 bits per heavy atom. The van der Waals surface area contributed by atoms with E-state index in [-0.39, 0.29) is 45.4 Å². The monoisotopic (exact) mass is 610 g/mol. The standard InChI is InChI=1S/C29H31FN6O6S/c1-16-10-13-23(22(30)14-16)31-26-24-25(17(2)27(38)33(26)6)34(29(40)35(28(24)39)19-11-12-19)20-8-7-9-21(15-20)36(18(3)37)43(41,42)32(4)5/h7-10,13-15,19,31H,11-12H2,1-6H3. The highest BCUT2D eigenvalue weighted by Crippen LogP contribution is 2.34. The van der Waals surface area contributed by atoms with Crippen molar-refractivity contribution < 1.29 is 17.6 Å². The molecule has 2 aromatic heterocycles. The predicted molar refractivity (Wildman–Crippen MR) is 162 cm³/mol. The molecule has 0 aliphatic heterocycles. The first kappa shape index (κ1) is 29.9. The van der Waals surface area contributed by atoms with Crippen molar-refractivity contribution in [3.8, 4) is 5.69 Å². The van der Waals surface area contributed by atoms with E-state index in [2.05, 4.69) is 5.32 Å². The van der Waals surface area contributed by atoms with Crippen LogP contribution >= 0.6 is 0 Å². The largest absolute Gasteiger partial charge is 0.338 e. The third-order valence-corrected chi connectivity index (χ3v) is 9.29. The molecule has 1 N–H and O–H groups in total. The Labute approximate surface area is 246 Å². The van der Waals surface area contributed by atoms with Crippen LogP contribution in [0.5, 0.6) is 0 Å². The minimum absolute atomic E-state index is 0.0156. The van der Waals surface area contributed by atoms with Crippen LogP contribution in [0, 0.1) is 19.7 Å². The average molecular weight is 611 g/mol. The maximum Gasteiger partial charge on any atom is 0.336 e. The molecule has 226 valence electrons. The quantitative estimate of drug-likeness (QED) is 0.340. The van der Waals surface area contributed by atoms with Crippen molar-refractivity contribution >= 4 is 44.2 Å². The Morgan fingerprint density at radius 3 is 2.28 bits per heavy atom.